The molecule has 1 fully saturated rings. The van der Waals surface area contributed by atoms with Gasteiger partial charge in [0.15, 0.2) is 0 Å². The number of furan rings is 1. The van der Waals surface area contributed by atoms with E-state index in [4.69, 9.17) is 13.9 Å². The first-order valence-electron chi connectivity index (χ1n) is 7.52. The molecule has 3 rings (SSSR count). The van der Waals surface area contributed by atoms with Gasteiger partial charge in [-0.3, -0.25) is 4.79 Å². The van der Waals surface area contributed by atoms with Gasteiger partial charge >= 0.3 is 0 Å². The number of carbonyl (C=O) groups is 1. The van der Waals surface area contributed by atoms with E-state index < -0.39 is 0 Å². The monoisotopic (exact) mass is 303 g/mol. The van der Waals surface area contributed by atoms with Gasteiger partial charge < -0.3 is 19.2 Å². The number of nitrogens with one attached hydrogen (secondary N) is 1. The molecule has 0 atom stereocenters. The number of fused-ring (bicyclic) bond motifs is 1. The molecule has 2 heterocycles. The fourth-order valence-electron chi connectivity index (χ4n) is 2.83. The van der Waals surface area contributed by atoms with Crippen LogP contribution in [0.15, 0.2) is 28.9 Å². The Hall–Kier alpha value is -2.01. The quantitative estimate of drug-likeness (QED) is 0.943. The molecule has 0 bridgehead atoms. The molecule has 0 saturated carbocycles. The molecule has 1 aliphatic heterocycles. The molecule has 1 saturated heterocycles. The number of ether oxygens (including phenoxy) is 2. The molecule has 0 spiro atoms. The van der Waals surface area contributed by atoms with Crippen LogP contribution < -0.4 is 10.1 Å². The molecule has 0 radical (unpaired) electrons. The fourth-order valence-corrected chi connectivity index (χ4v) is 2.83. The molecule has 1 aromatic carbocycles. The molecule has 0 unspecified atom stereocenters. The van der Waals surface area contributed by atoms with E-state index >= 15 is 0 Å². The molecule has 5 nitrogen and oxygen atoms in total. The Kier molecular flexibility index (Phi) is 4.07. The van der Waals surface area contributed by atoms with E-state index in [-0.39, 0.29) is 11.4 Å². The maximum atomic E-state index is 12.3. The Morgan fingerprint density at radius 2 is 2.14 bits per heavy atom. The fraction of sp³-hybridized carbons (Fsp3) is 0.471. The third kappa shape index (κ3) is 3.09. The Bertz CT molecular complexity index is 670. The van der Waals surface area contributed by atoms with Crippen LogP contribution in [-0.2, 0) is 16.0 Å². The van der Waals surface area contributed by atoms with E-state index in [0.717, 1.165) is 35.1 Å². The third-order valence-electron chi connectivity index (χ3n) is 4.25. The van der Waals surface area contributed by atoms with Crippen molar-refractivity contribution in [2.45, 2.75) is 31.7 Å². The van der Waals surface area contributed by atoms with Crippen LogP contribution >= 0.6 is 0 Å². The summed E-state index contributed by atoms with van der Waals surface area (Å²) in [6.07, 6.45) is 3.66. The van der Waals surface area contributed by atoms with Crippen molar-refractivity contribution in [2.24, 2.45) is 0 Å². The number of rotatable bonds is 4. The van der Waals surface area contributed by atoms with Crippen LogP contribution in [0.4, 0.5) is 0 Å². The van der Waals surface area contributed by atoms with Crippen LogP contribution in [0.5, 0.6) is 5.75 Å². The Labute approximate surface area is 129 Å². The molecule has 22 heavy (non-hydrogen) atoms. The van der Waals surface area contributed by atoms with Crippen LogP contribution in [-0.4, -0.2) is 31.8 Å². The van der Waals surface area contributed by atoms with Crippen LogP contribution in [0.1, 0.15) is 25.3 Å². The molecule has 0 aliphatic carbocycles. The maximum absolute atomic E-state index is 12.3. The first-order valence-corrected chi connectivity index (χ1v) is 7.52. The number of carbonyl (C=O) groups excluding carboxylic acids is 1. The van der Waals surface area contributed by atoms with E-state index in [2.05, 4.69) is 12.2 Å². The summed E-state index contributed by atoms with van der Waals surface area (Å²) >= 11 is 0. The summed E-state index contributed by atoms with van der Waals surface area (Å²) in [6.45, 7) is 3.47. The van der Waals surface area contributed by atoms with Gasteiger partial charge in [0.1, 0.15) is 11.3 Å². The van der Waals surface area contributed by atoms with Gasteiger partial charge in [0.05, 0.1) is 19.8 Å². The minimum absolute atomic E-state index is 0.0166. The second kappa shape index (κ2) is 6.01. The van der Waals surface area contributed by atoms with Crippen molar-refractivity contribution in [1.29, 1.82) is 0 Å². The average molecular weight is 303 g/mol. The van der Waals surface area contributed by atoms with E-state index in [9.17, 15) is 4.79 Å². The van der Waals surface area contributed by atoms with E-state index in [0.29, 0.717) is 19.6 Å². The minimum atomic E-state index is -0.169. The second-order valence-electron chi connectivity index (χ2n) is 6.02. The van der Waals surface area contributed by atoms with Crippen LogP contribution in [0.3, 0.4) is 0 Å². The highest BCUT2D eigenvalue weighted by Gasteiger charge is 2.29. The van der Waals surface area contributed by atoms with E-state index in [1.54, 1.807) is 13.4 Å². The zero-order chi connectivity index (χ0) is 15.6. The number of hydrogen-bond acceptors (Lipinski definition) is 4. The van der Waals surface area contributed by atoms with Gasteiger partial charge in [-0.05, 0) is 31.9 Å². The van der Waals surface area contributed by atoms with Crippen molar-refractivity contribution in [3.8, 4) is 5.75 Å². The number of hydrogen-bond donors (Lipinski definition) is 1. The predicted molar refractivity (Wildman–Crippen MR) is 83.1 cm³/mol. The minimum Gasteiger partial charge on any atom is -0.497 e. The smallest absolute Gasteiger partial charge is 0.224 e. The normalized spacial score (nSPS) is 17.4. The van der Waals surface area contributed by atoms with Gasteiger partial charge in [-0.1, -0.05) is 0 Å². The number of benzene rings is 1. The second-order valence-corrected chi connectivity index (χ2v) is 6.02. The molecule has 5 heteroatoms. The molecule has 1 amide bonds. The van der Waals surface area contributed by atoms with Crippen molar-refractivity contribution in [3.63, 3.8) is 0 Å². The van der Waals surface area contributed by atoms with Crippen molar-refractivity contribution < 1.29 is 18.7 Å². The highest BCUT2D eigenvalue weighted by molar-refractivity contribution is 5.88. The molecule has 1 N–H and O–H groups in total. The highest BCUT2D eigenvalue weighted by Crippen LogP contribution is 2.26. The predicted octanol–water partition coefficient (Wildman–Crippen LogP) is 2.67. The average Bonchev–Trinajstić information content (AvgIpc) is 2.89. The van der Waals surface area contributed by atoms with Gasteiger partial charge in [0.25, 0.3) is 0 Å². The Balaban J connectivity index is 1.71. The molecular weight excluding hydrogens is 282 g/mol. The highest BCUT2D eigenvalue weighted by atomic mass is 16.5. The van der Waals surface area contributed by atoms with Crippen molar-refractivity contribution in [2.75, 3.05) is 20.3 Å². The van der Waals surface area contributed by atoms with Crippen LogP contribution in [0.2, 0.25) is 0 Å². The van der Waals surface area contributed by atoms with Crippen LogP contribution in [0.25, 0.3) is 11.0 Å². The zero-order valence-corrected chi connectivity index (χ0v) is 13.0. The maximum Gasteiger partial charge on any atom is 0.224 e. The molecule has 2 aromatic rings. The summed E-state index contributed by atoms with van der Waals surface area (Å²) < 4.78 is 16.1. The molecule has 1 aromatic heterocycles. The molecular formula is C17H21NO4. The summed E-state index contributed by atoms with van der Waals surface area (Å²) in [4.78, 5) is 12.3. The van der Waals surface area contributed by atoms with Gasteiger partial charge in [-0.25, -0.2) is 0 Å². The van der Waals surface area contributed by atoms with Crippen molar-refractivity contribution in [3.05, 3.63) is 30.0 Å². The lowest BCUT2D eigenvalue weighted by Gasteiger charge is -2.34. The first kappa shape index (κ1) is 14.9. The summed E-state index contributed by atoms with van der Waals surface area (Å²) in [6, 6.07) is 5.63. The molecule has 118 valence electrons. The van der Waals surface area contributed by atoms with E-state index in [1.807, 2.05) is 18.2 Å². The Morgan fingerprint density at radius 3 is 2.86 bits per heavy atom. The first-order chi connectivity index (χ1) is 10.6. The summed E-state index contributed by atoms with van der Waals surface area (Å²) in [7, 11) is 1.62. The summed E-state index contributed by atoms with van der Waals surface area (Å²) in [5.41, 5.74) is 1.46. The number of methoxy groups -OCH3 is 1. The zero-order valence-electron chi connectivity index (χ0n) is 13.0. The largest absolute Gasteiger partial charge is 0.497 e. The van der Waals surface area contributed by atoms with Gasteiger partial charge in [-0.2, -0.15) is 0 Å². The lowest BCUT2D eigenvalue weighted by molar-refractivity contribution is -0.123. The van der Waals surface area contributed by atoms with Gasteiger partial charge in [0, 0.05) is 35.8 Å². The summed E-state index contributed by atoms with van der Waals surface area (Å²) in [5, 5.41) is 4.09. The standard InChI is InChI=1S/C17H21NO4/c1-17(5-7-21-8-6-17)18-16(19)9-12-11-22-15-10-13(20-2)3-4-14(12)15/h3-4,10-11H,5-9H2,1-2H3,(H,18,19). The number of amides is 1. The van der Waals surface area contributed by atoms with Crippen LogP contribution in [0, 0.1) is 0 Å². The van der Waals surface area contributed by atoms with Crippen molar-refractivity contribution >= 4 is 16.9 Å². The van der Waals surface area contributed by atoms with Crippen molar-refractivity contribution in [1.82, 2.24) is 5.32 Å². The SMILES string of the molecule is COc1ccc2c(CC(=O)NC3(C)CCOCC3)coc2c1. The van der Waals surface area contributed by atoms with Gasteiger partial charge in [-0.15, -0.1) is 0 Å². The lowest BCUT2D eigenvalue weighted by Crippen LogP contribution is -2.50. The Morgan fingerprint density at radius 1 is 1.36 bits per heavy atom. The lowest BCUT2D eigenvalue weighted by atomic mass is 9.92. The van der Waals surface area contributed by atoms with Gasteiger partial charge in [0.2, 0.25) is 5.91 Å². The molecule has 1 aliphatic rings. The van der Waals surface area contributed by atoms with E-state index in [1.165, 1.54) is 0 Å². The summed E-state index contributed by atoms with van der Waals surface area (Å²) in [5.74, 6) is 0.760. The topological polar surface area (TPSA) is 60.7 Å². The third-order valence-corrected chi connectivity index (χ3v) is 4.25.